The second kappa shape index (κ2) is 11.6. The van der Waals surface area contributed by atoms with E-state index >= 15 is 0 Å². The predicted octanol–water partition coefficient (Wildman–Crippen LogP) is 3.80. The molecule has 0 aliphatic heterocycles. The highest BCUT2D eigenvalue weighted by Crippen LogP contribution is 2.22. The zero-order chi connectivity index (χ0) is 17.7. The molecular formula is C20H26O5. The van der Waals surface area contributed by atoms with Crippen molar-refractivity contribution in [3.8, 4) is 11.5 Å². The summed E-state index contributed by atoms with van der Waals surface area (Å²) in [5.41, 5.74) is 2.21. The summed E-state index contributed by atoms with van der Waals surface area (Å²) in [6, 6.07) is 15.8. The van der Waals surface area contributed by atoms with Crippen molar-refractivity contribution in [1.29, 1.82) is 0 Å². The Bertz CT molecular complexity index is 527. The maximum absolute atomic E-state index is 5.85. The van der Waals surface area contributed by atoms with Gasteiger partial charge < -0.3 is 23.7 Å². The molecule has 0 saturated heterocycles. The highest BCUT2D eigenvalue weighted by molar-refractivity contribution is 5.34. The minimum Gasteiger partial charge on any atom is -0.457 e. The molecule has 5 heteroatoms. The van der Waals surface area contributed by atoms with Crippen LogP contribution in [-0.2, 0) is 32.2 Å². The molecule has 0 bridgehead atoms. The van der Waals surface area contributed by atoms with Gasteiger partial charge in [-0.1, -0.05) is 24.3 Å². The van der Waals surface area contributed by atoms with Crippen molar-refractivity contribution in [2.45, 2.75) is 13.2 Å². The van der Waals surface area contributed by atoms with Crippen molar-refractivity contribution in [3.63, 3.8) is 0 Å². The van der Waals surface area contributed by atoms with Gasteiger partial charge in [0.05, 0.1) is 39.6 Å². The summed E-state index contributed by atoms with van der Waals surface area (Å²) in [7, 11) is 3.33. The molecule has 0 radical (unpaired) electrons. The fourth-order valence-corrected chi connectivity index (χ4v) is 2.11. The molecule has 0 atom stereocenters. The molecular weight excluding hydrogens is 320 g/mol. The zero-order valence-corrected chi connectivity index (χ0v) is 14.9. The Labute approximate surface area is 149 Å². The predicted molar refractivity (Wildman–Crippen MR) is 96.0 cm³/mol. The van der Waals surface area contributed by atoms with E-state index in [0.717, 1.165) is 22.6 Å². The van der Waals surface area contributed by atoms with E-state index in [1.165, 1.54) is 0 Å². The maximum atomic E-state index is 5.85. The van der Waals surface area contributed by atoms with E-state index in [1.807, 2.05) is 48.5 Å². The van der Waals surface area contributed by atoms with Gasteiger partial charge in [0, 0.05) is 14.2 Å². The largest absolute Gasteiger partial charge is 0.457 e. The Morgan fingerprint density at radius 1 is 0.560 bits per heavy atom. The first-order valence-corrected chi connectivity index (χ1v) is 8.31. The average molecular weight is 346 g/mol. The summed E-state index contributed by atoms with van der Waals surface area (Å²) in [5, 5.41) is 0. The molecule has 0 saturated carbocycles. The van der Waals surface area contributed by atoms with Gasteiger partial charge in [-0.2, -0.15) is 0 Å². The van der Waals surface area contributed by atoms with E-state index in [9.17, 15) is 0 Å². The first-order chi connectivity index (χ1) is 12.3. The number of hydrogen-bond donors (Lipinski definition) is 0. The smallest absolute Gasteiger partial charge is 0.127 e. The Morgan fingerprint density at radius 3 is 1.32 bits per heavy atom. The second-order valence-electron chi connectivity index (χ2n) is 5.48. The molecule has 0 spiro atoms. The molecule has 136 valence electrons. The monoisotopic (exact) mass is 346 g/mol. The van der Waals surface area contributed by atoms with Crippen LogP contribution in [0.1, 0.15) is 11.1 Å². The van der Waals surface area contributed by atoms with Crippen LogP contribution in [0.2, 0.25) is 0 Å². The van der Waals surface area contributed by atoms with Crippen LogP contribution in [-0.4, -0.2) is 40.6 Å². The fourth-order valence-electron chi connectivity index (χ4n) is 2.11. The van der Waals surface area contributed by atoms with E-state index in [1.54, 1.807) is 14.2 Å². The lowest BCUT2D eigenvalue weighted by atomic mass is 10.2. The topological polar surface area (TPSA) is 46.2 Å². The molecule has 0 fully saturated rings. The number of rotatable bonds is 12. The first kappa shape index (κ1) is 19.4. The molecule has 25 heavy (non-hydrogen) atoms. The first-order valence-electron chi connectivity index (χ1n) is 8.31. The van der Waals surface area contributed by atoms with E-state index in [4.69, 9.17) is 23.7 Å². The standard InChI is InChI=1S/C20H26O5/c1-21-11-13-23-15-17-3-7-19(8-4-17)25-20-9-5-18(6-10-20)16-24-14-12-22-2/h3-10H,11-16H2,1-2H3. The summed E-state index contributed by atoms with van der Waals surface area (Å²) in [6.07, 6.45) is 0. The van der Waals surface area contributed by atoms with Gasteiger partial charge >= 0.3 is 0 Å². The summed E-state index contributed by atoms with van der Waals surface area (Å²) in [6.45, 7) is 3.54. The van der Waals surface area contributed by atoms with Crippen LogP contribution in [0.5, 0.6) is 11.5 Å². The third-order valence-corrected chi connectivity index (χ3v) is 3.48. The molecule has 0 aliphatic rings. The van der Waals surface area contributed by atoms with Crippen LogP contribution in [0.4, 0.5) is 0 Å². The fraction of sp³-hybridized carbons (Fsp3) is 0.400. The summed E-state index contributed by atoms with van der Waals surface area (Å²) >= 11 is 0. The number of ether oxygens (including phenoxy) is 5. The minimum atomic E-state index is 0.571. The number of benzene rings is 2. The SMILES string of the molecule is COCCOCc1ccc(Oc2ccc(COCCOC)cc2)cc1. The van der Waals surface area contributed by atoms with Crippen molar-refractivity contribution in [2.24, 2.45) is 0 Å². The summed E-state index contributed by atoms with van der Waals surface area (Å²) in [4.78, 5) is 0. The van der Waals surface area contributed by atoms with Crippen molar-refractivity contribution in [3.05, 3.63) is 59.7 Å². The van der Waals surface area contributed by atoms with Gasteiger partial charge in [0.25, 0.3) is 0 Å². The average Bonchev–Trinajstić information content (AvgIpc) is 2.65. The van der Waals surface area contributed by atoms with Crippen LogP contribution in [0.3, 0.4) is 0 Å². The molecule has 2 aromatic carbocycles. The third-order valence-electron chi connectivity index (χ3n) is 3.48. The van der Waals surface area contributed by atoms with Gasteiger partial charge in [-0.25, -0.2) is 0 Å². The van der Waals surface area contributed by atoms with Gasteiger partial charge in [-0.05, 0) is 35.4 Å². The molecule has 0 amide bonds. The second-order valence-corrected chi connectivity index (χ2v) is 5.48. The number of methoxy groups -OCH3 is 2. The molecule has 0 N–H and O–H groups in total. The van der Waals surface area contributed by atoms with Gasteiger partial charge in [-0.3, -0.25) is 0 Å². The van der Waals surface area contributed by atoms with Crippen LogP contribution in [0.25, 0.3) is 0 Å². The third kappa shape index (κ3) is 7.67. The van der Waals surface area contributed by atoms with Crippen LogP contribution >= 0.6 is 0 Å². The highest BCUT2D eigenvalue weighted by atomic mass is 16.5. The Balaban J connectivity index is 1.77. The van der Waals surface area contributed by atoms with Crippen molar-refractivity contribution < 1.29 is 23.7 Å². The molecule has 0 unspecified atom stereocenters. The van der Waals surface area contributed by atoms with Gasteiger partial charge in [0.15, 0.2) is 0 Å². The zero-order valence-electron chi connectivity index (χ0n) is 14.9. The van der Waals surface area contributed by atoms with Gasteiger partial charge in [0.1, 0.15) is 11.5 Å². The maximum Gasteiger partial charge on any atom is 0.127 e. The Morgan fingerprint density at radius 2 is 0.960 bits per heavy atom. The Kier molecular flexibility index (Phi) is 9.01. The van der Waals surface area contributed by atoms with Gasteiger partial charge in [-0.15, -0.1) is 0 Å². The van der Waals surface area contributed by atoms with E-state index < -0.39 is 0 Å². The normalized spacial score (nSPS) is 10.8. The van der Waals surface area contributed by atoms with E-state index in [2.05, 4.69) is 0 Å². The van der Waals surface area contributed by atoms with E-state index in [0.29, 0.717) is 39.6 Å². The molecule has 5 nitrogen and oxygen atoms in total. The lowest BCUT2D eigenvalue weighted by molar-refractivity contribution is 0.0616. The quantitative estimate of drug-likeness (QED) is 0.547. The van der Waals surface area contributed by atoms with Crippen LogP contribution in [0, 0.1) is 0 Å². The molecule has 0 aromatic heterocycles. The molecule has 2 rings (SSSR count). The van der Waals surface area contributed by atoms with E-state index in [-0.39, 0.29) is 0 Å². The summed E-state index contributed by atoms with van der Waals surface area (Å²) < 4.78 is 26.7. The number of hydrogen-bond acceptors (Lipinski definition) is 5. The molecule has 2 aromatic rings. The Hall–Kier alpha value is -1.92. The lowest BCUT2D eigenvalue weighted by Crippen LogP contribution is -2.01. The van der Waals surface area contributed by atoms with Crippen molar-refractivity contribution >= 4 is 0 Å². The highest BCUT2D eigenvalue weighted by Gasteiger charge is 2.00. The summed E-state index contributed by atoms with van der Waals surface area (Å²) in [5.74, 6) is 1.59. The molecule has 0 heterocycles. The van der Waals surface area contributed by atoms with Crippen molar-refractivity contribution in [2.75, 3.05) is 40.6 Å². The van der Waals surface area contributed by atoms with Crippen LogP contribution < -0.4 is 4.74 Å². The van der Waals surface area contributed by atoms with Crippen LogP contribution in [0.15, 0.2) is 48.5 Å². The lowest BCUT2D eigenvalue weighted by Gasteiger charge is -2.09. The van der Waals surface area contributed by atoms with Crippen molar-refractivity contribution in [1.82, 2.24) is 0 Å². The van der Waals surface area contributed by atoms with Gasteiger partial charge in [0.2, 0.25) is 0 Å². The minimum absolute atomic E-state index is 0.571. The molecule has 0 aliphatic carbocycles.